The monoisotopic (exact) mass is 186 g/mol. The molecule has 0 atom stereocenters. The maximum Gasteiger partial charge on any atom is 0.239 e. The lowest BCUT2D eigenvalue weighted by molar-refractivity contribution is -0.913. The van der Waals surface area contributed by atoms with Crippen molar-refractivity contribution in [3.05, 3.63) is 0 Å². The largest absolute Gasteiger partial charge is 0.326 e. The van der Waals surface area contributed by atoms with Crippen LogP contribution < -0.4 is 11.3 Å². The molecule has 3 N–H and O–H groups in total. The molecule has 0 unspecified atom stereocenters. The van der Waals surface area contributed by atoms with E-state index >= 15 is 0 Å². The van der Waals surface area contributed by atoms with E-state index in [1.807, 2.05) is 0 Å². The lowest BCUT2D eigenvalue weighted by Gasteiger charge is -2.37. The summed E-state index contributed by atoms with van der Waals surface area (Å²) in [6, 6.07) is 0. The second kappa shape index (κ2) is 4.58. The molecule has 0 radical (unpaired) electrons. The maximum atomic E-state index is 11.0. The van der Waals surface area contributed by atoms with E-state index in [2.05, 4.69) is 12.5 Å². The van der Waals surface area contributed by atoms with Crippen LogP contribution in [0, 0.1) is 0 Å². The molecule has 0 aromatic rings. The number of carbonyl (C=O) groups excluding carboxylic acids is 1. The Morgan fingerprint density at radius 2 is 2.00 bits per heavy atom. The number of nitrogens with two attached hydrogens (primary N) is 1. The summed E-state index contributed by atoms with van der Waals surface area (Å²) in [4.78, 5) is 11.0. The highest BCUT2D eigenvalue weighted by atomic mass is 16.2. The lowest BCUT2D eigenvalue weighted by Crippen LogP contribution is -2.49. The SMILES string of the molecule is C[N+]1(CCC(=O)NN)CCCCC1. The van der Waals surface area contributed by atoms with Gasteiger partial charge in [0.25, 0.3) is 0 Å². The molecule has 1 heterocycles. The molecule has 0 aromatic heterocycles. The van der Waals surface area contributed by atoms with Crippen molar-refractivity contribution in [2.75, 3.05) is 26.7 Å². The van der Waals surface area contributed by atoms with Gasteiger partial charge in [-0.05, 0) is 19.3 Å². The Hall–Kier alpha value is -0.610. The number of hydrogen-bond donors (Lipinski definition) is 2. The first-order valence-corrected chi connectivity index (χ1v) is 4.99. The fourth-order valence-corrected chi connectivity index (χ4v) is 1.94. The van der Waals surface area contributed by atoms with Crippen LogP contribution in [-0.2, 0) is 4.79 Å². The molecule has 0 saturated carbocycles. The molecule has 1 saturated heterocycles. The van der Waals surface area contributed by atoms with Crippen LogP contribution in [0.5, 0.6) is 0 Å². The highest BCUT2D eigenvalue weighted by molar-refractivity contribution is 5.75. The Morgan fingerprint density at radius 1 is 1.38 bits per heavy atom. The molecule has 13 heavy (non-hydrogen) atoms. The Labute approximate surface area is 79.6 Å². The van der Waals surface area contributed by atoms with E-state index in [1.54, 1.807) is 0 Å². The molecule has 1 amide bonds. The zero-order chi connectivity index (χ0) is 9.73. The molecule has 76 valence electrons. The molecule has 0 spiro atoms. The summed E-state index contributed by atoms with van der Waals surface area (Å²) >= 11 is 0. The first kappa shape index (κ1) is 10.5. The Morgan fingerprint density at radius 3 is 2.54 bits per heavy atom. The number of nitrogens with zero attached hydrogens (tertiary/aromatic N) is 1. The number of quaternary nitrogens is 1. The molecule has 1 rings (SSSR count). The minimum Gasteiger partial charge on any atom is -0.326 e. The van der Waals surface area contributed by atoms with Crippen LogP contribution in [0.1, 0.15) is 25.7 Å². The van der Waals surface area contributed by atoms with Gasteiger partial charge in [0, 0.05) is 0 Å². The number of hydrogen-bond acceptors (Lipinski definition) is 2. The maximum absolute atomic E-state index is 11.0. The molecule has 0 aromatic carbocycles. The van der Waals surface area contributed by atoms with Crippen LogP contribution in [0.4, 0.5) is 0 Å². The number of likely N-dealkylation sites (tertiary alicyclic amines) is 1. The second-order valence-electron chi connectivity index (χ2n) is 4.17. The van der Waals surface area contributed by atoms with Gasteiger partial charge in [-0.3, -0.25) is 10.2 Å². The van der Waals surface area contributed by atoms with Gasteiger partial charge in [0.2, 0.25) is 5.91 Å². The number of piperidine rings is 1. The Balaban J connectivity index is 2.28. The van der Waals surface area contributed by atoms with Crippen LogP contribution >= 0.6 is 0 Å². The third kappa shape index (κ3) is 3.32. The Kier molecular flexibility index (Phi) is 3.69. The van der Waals surface area contributed by atoms with Gasteiger partial charge in [0.15, 0.2) is 0 Å². The molecular formula is C9H20N3O+. The van der Waals surface area contributed by atoms with Crippen LogP contribution in [-0.4, -0.2) is 37.1 Å². The minimum absolute atomic E-state index is 0.0510. The van der Waals surface area contributed by atoms with E-state index in [4.69, 9.17) is 5.84 Å². The van der Waals surface area contributed by atoms with Crippen molar-refractivity contribution >= 4 is 5.91 Å². The molecule has 4 nitrogen and oxygen atoms in total. The van der Waals surface area contributed by atoms with Crippen molar-refractivity contribution in [3.8, 4) is 0 Å². The summed E-state index contributed by atoms with van der Waals surface area (Å²) in [6.07, 6.45) is 4.48. The van der Waals surface area contributed by atoms with Crippen LogP contribution in [0.15, 0.2) is 0 Å². The number of amides is 1. The van der Waals surface area contributed by atoms with Gasteiger partial charge in [0.1, 0.15) is 0 Å². The van der Waals surface area contributed by atoms with E-state index < -0.39 is 0 Å². The topological polar surface area (TPSA) is 55.1 Å². The van der Waals surface area contributed by atoms with Gasteiger partial charge in [0.05, 0.1) is 33.1 Å². The fraction of sp³-hybridized carbons (Fsp3) is 0.889. The highest BCUT2D eigenvalue weighted by Crippen LogP contribution is 2.16. The summed E-state index contributed by atoms with van der Waals surface area (Å²) in [7, 11) is 2.23. The standard InChI is InChI=1S/C9H19N3O/c1-12(6-3-2-4-7-12)8-5-9(13)11-10/h2-8,10H2,1H3/p+1. The van der Waals surface area contributed by atoms with E-state index in [1.165, 1.54) is 32.4 Å². The molecule has 4 heteroatoms. The van der Waals surface area contributed by atoms with Crippen LogP contribution in [0.2, 0.25) is 0 Å². The van der Waals surface area contributed by atoms with Crippen molar-refractivity contribution in [2.45, 2.75) is 25.7 Å². The predicted octanol–water partition coefficient (Wildman–Crippen LogP) is -0.00310. The third-order valence-corrected chi connectivity index (χ3v) is 2.94. The smallest absolute Gasteiger partial charge is 0.239 e. The summed E-state index contributed by atoms with van der Waals surface area (Å²) in [5.41, 5.74) is 2.17. The minimum atomic E-state index is -0.0510. The lowest BCUT2D eigenvalue weighted by atomic mass is 10.1. The molecule has 1 aliphatic rings. The van der Waals surface area contributed by atoms with E-state index in [0.29, 0.717) is 6.42 Å². The molecular weight excluding hydrogens is 166 g/mol. The van der Waals surface area contributed by atoms with Crippen molar-refractivity contribution < 1.29 is 9.28 Å². The van der Waals surface area contributed by atoms with E-state index in [9.17, 15) is 4.79 Å². The fourth-order valence-electron chi connectivity index (χ4n) is 1.94. The number of carbonyl (C=O) groups is 1. The zero-order valence-electron chi connectivity index (χ0n) is 8.38. The van der Waals surface area contributed by atoms with Gasteiger partial charge in [-0.25, -0.2) is 5.84 Å². The molecule has 1 aliphatic heterocycles. The summed E-state index contributed by atoms with van der Waals surface area (Å²) in [5, 5.41) is 0. The van der Waals surface area contributed by atoms with Crippen LogP contribution in [0.25, 0.3) is 0 Å². The summed E-state index contributed by atoms with van der Waals surface area (Å²) in [5.74, 6) is 4.97. The van der Waals surface area contributed by atoms with Crippen LogP contribution in [0.3, 0.4) is 0 Å². The van der Waals surface area contributed by atoms with Gasteiger partial charge in [-0.1, -0.05) is 0 Å². The second-order valence-corrected chi connectivity index (χ2v) is 4.17. The van der Waals surface area contributed by atoms with Gasteiger partial charge in [-0.2, -0.15) is 0 Å². The van der Waals surface area contributed by atoms with Crippen molar-refractivity contribution in [1.82, 2.24) is 5.43 Å². The van der Waals surface area contributed by atoms with Crippen molar-refractivity contribution in [1.29, 1.82) is 0 Å². The van der Waals surface area contributed by atoms with Gasteiger partial charge >= 0.3 is 0 Å². The van der Waals surface area contributed by atoms with Crippen molar-refractivity contribution in [2.24, 2.45) is 5.84 Å². The number of hydrazine groups is 1. The number of rotatable bonds is 3. The Bertz CT molecular complexity index is 176. The first-order chi connectivity index (χ1) is 6.16. The normalized spacial score (nSPS) is 21.1. The highest BCUT2D eigenvalue weighted by Gasteiger charge is 2.24. The third-order valence-electron chi connectivity index (χ3n) is 2.94. The van der Waals surface area contributed by atoms with Gasteiger partial charge < -0.3 is 4.48 Å². The van der Waals surface area contributed by atoms with E-state index in [-0.39, 0.29) is 5.91 Å². The molecule has 0 aliphatic carbocycles. The summed E-state index contributed by atoms with van der Waals surface area (Å²) in [6.45, 7) is 3.33. The van der Waals surface area contributed by atoms with Crippen molar-refractivity contribution in [3.63, 3.8) is 0 Å². The zero-order valence-corrected chi connectivity index (χ0v) is 8.38. The average molecular weight is 186 g/mol. The van der Waals surface area contributed by atoms with E-state index in [0.717, 1.165) is 11.0 Å². The average Bonchev–Trinajstić information content (AvgIpc) is 2.15. The molecule has 0 bridgehead atoms. The number of nitrogens with one attached hydrogen (secondary N) is 1. The quantitative estimate of drug-likeness (QED) is 0.282. The summed E-state index contributed by atoms with van der Waals surface area (Å²) < 4.78 is 1.04. The van der Waals surface area contributed by atoms with Gasteiger partial charge in [-0.15, -0.1) is 0 Å². The first-order valence-electron chi connectivity index (χ1n) is 4.99. The molecule has 1 fully saturated rings. The predicted molar refractivity (Wildman–Crippen MR) is 51.6 cm³/mol.